The number of hydrogen-bond donors (Lipinski definition) is 2. The predicted molar refractivity (Wildman–Crippen MR) is 93.3 cm³/mol. The summed E-state index contributed by atoms with van der Waals surface area (Å²) in [5.41, 5.74) is 3.18. The molecule has 0 radical (unpaired) electrons. The van der Waals surface area contributed by atoms with Gasteiger partial charge in [0.1, 0.15) is 22.7 Å². The van der Waals surface area contributed by atoms with E-state index >= 15 is 0 Å². The Kier molecular flexibility index (Phi) is 4.70. The van der Waals surface area contributed by atoms with Gasteiger partial charge in [-0.15, -0.1) is 0 Å². The maximum absolute atomic E-state index is 12.1. The van der Waals surface area contributed by atoms with Crippen molar-refractivity contribution < 1.29 is 4.79 Å². The molecule has 3 rings (SSSR count). The van der Waals surface area contributed by atoms with E-state index in [1.165, 1.54) is 0 Å². The first-order chi connectivity index (χ1) is 11.5. The highest BCUT2D eigenvalue weighted by Gasteiger charge is 2.11. The van der Waals surface area contributed by atoms with E-state index in [0.717, 1.165) is 52.9 Å². The third kappa shape index (κ3) is 3.51. The van der Waals surface area contributed by atoms with Crippen molar-refractivity contribution in [2.24, 2.45) is 0 Å². The molecule has 0 fully saturated rings. The number of rotatable bonds is 5. The number of urea groups is 1. The molecule has 0 aliphatic heterocycles. The monoisotopic (exact) mass is 345 g/mol. The number of fused-ring (bicyclic) bond motifs is 1. The van der Waals surface area contributed by atoms with Crippen LogP contribution in [0.2, 0.25) is 0 Å². The van der Waals surface area contributed by atoms with Crippen molar-refractivity contribution in [2.45, 2.75) is 33.7 Å². The van der Waals surface area contributed by atoms with Gasteiger partial charge in [0.2, 0.25) is 0 Å². The van der Waals surface area contributed by atoms with E-state index in [1.807, 2.05) is 37.6 Å². The Bertz CT molecular complexity index is 870. The van der Waals surface area contributed by atoms with Gasteiger partial charge in [0.05, 0.1) is 17.4 Å². The number of aromatic nitrogens is 5. The largest absolute Gasteiger partial charge is 0.338 e. The summed E-state index contributed by atoms with van der Waals surface area (Å²) in [5.74, 6) is 1.65. The molecule has 0 saturated carbocycles. The number of aryl methyl sites for hydroxylation is 4. The van der Waals surface area contributed by atoms with Gasteiger partial charge in [0.15, 0.2) is 0 Å². The summed E-state index contributed by atoms with van der Waals surface area (Å²) in [6, 6.07) is 3.58. The highest BCUT2D eigenvalue weighted by atomic mass is 32.1. The summed E-state index contributed by atoms with van der Waals surface area (Å²) >= 11 is 1.14. The molecule has 3 aromatic rings. The van der Waals surface area contributed by atoms with E-state index in [2.05, 4.69) is 29.5 Å². The molecule has 24 heavy (non-hydrogen) atoms. The maximum atomic E-state index is 12.1. The average Bonchev–Trinajstić information content (AvgIpc) is 3.13. The molecule has 2 N–H and O–H groups in total. The molecule has 0 spiro atoms. The molecule has 1 aromatic carbocycles. The second-order valence-electron chi connectivity index (χ2n) is 5.55. The first-order valence-electron chi connectivity index (χ1n) is 7.69. The third-order valence-electron chi connectivity index (χ3n) is 3.67. The van der Waals surface area contributed by atoms with Crippen LogP contribution in [0.4, 0.5) is 10.5 Å². The lowest BCUT2D eigenvalue weighted by Gasteiger charge is -2.10. The van der Waals surface area contributed by atoms with Crippen molar-refractivity contribution in [3.8, 4) is 0 Å². The van der Waals surface area contributed by atoms with Gasteiger partial charge in [-0.3, -0.25) is 4.68 Å². The normalized spacial score (nSPS) is 11.0. The van der Waals surface area contributed by atoms with Crippen LogP contribution in [0, 0.1) is 20.8 Å². The summed E-state index contributed by atoms with van der Waals surface area (Å²) in [6.07, 6.45) is 0.776. The summed E-state index contributed by atoms with van der Waals surface area (Å²) in [4.78, 5) is 16.4. The van der Waals surface area contributed by atoms with Crippen molar-refractivity contribution in [2.75, 3.05) is 11.9 Å². The van der Waals surface area contributed by atoms with E-state index in [-0.39, 0.29) is 6.03 Å². The number of hydrogen-bond acceptors (Lipinski definition) is 6. The van der Waals surface area contributed by atoms with Gasteiger partial charge in [-0.1, -0.05) is 6.07 Å². The molecule has 0 atom stereocenters. The Morgan fingerprint density at radius 3 is 2.83 bits per heavy atom. The van der Waals surface area contributed by atoms with E-state index in [1.54, 1.807) is 0 Å². The Morgan fingerprint density at radius 1 is 1.25 bits per heavy atom. The molecule has 0 aliphatic carbocycles. The van der Waals surface area contributed by atoms with E-state index in [4.69, 9.17) is 0 Å². The minimum Gasteiger partial charge on any atom is -0.338 e. The second-order valence-corrected chi connectivity index (χ2v) is 6.08. The van der Waals surface area contributed by atoms with Crippen molar-refractivity contribution in [3.05, 3.63) is 29.3 Å². The van der Waals surface area contributed by atoms with Crippen LogP contribution in [0.1, 0.15) is 23.6 Å². The molecule has 2 aromatic heterocycles. The van der Waals surface area contributed by atoms with Gasteiger partial charge in [-0.05, 0) is 38.8 Å². The lowest BCUT2D eigenvalue weighted by atomic mass is 10.1. The van der Waals surface area contributed by atoms with Crippen LogP contribution >= 0.6 is 11.7 Å². The SMILES string of the molecule is Cc1nc(C)n(CCCNC(=O)Nc2c(C)ccc3nsnc23)n1. The quantitative estimate of drug-likeness (QED) is 0.692. The smallest absolute Gasteiger partial charge is 0.319 e. The number of anilines is 1. The number of amides is 2. The molecule has 0 saturated heterocycles. The highest BCUT2D eigenvalue weighted by Crippen LogP contribution is 2.25. The van der Waals surface area contributed by atoms with Crippen molar-refractivity contribution >= 4 is 34.5 Å². The van der Waals surface area contributed by atoms with E-state index < -0.39 is 0 Å². The zero-order valence-corrected chi connectivity index (χ0v) is 14.6. The molecule has 0 unspecified atom stereocenters. The van der Waals surface area contributed by atoms with E-state index in [9.17, 15) is 4.79 Å². The molecule has 0 aliphatic rings. The summed E-state index contributed by atoms with van der Waals surface area (Å²) < 4.78 is 10.3. The fourth-order valence-electron chi connectivity index (χ4n) is 2.47. The number of nitrogens with one attached hydrogen (secondary N) is 2. The van der Waals surface area contributed by atoms with Gasteiger partial charge >= 0.3 is 6.03 Å². The van der Waals surface area contributed by atoms with Gasteiger partial charge in [-0.2, -0.15) is 13.8 Å². The number of nitrogens with zero attached hydrogens (tertiary/aromatic N) is 5. The zero-order chi connectivity index (χ0) is 17.1. The molecule has 0 bridgehead atoms. The van der Waals surface area contributed by atoms with Crippen molar-refractivity contribution in [3.63, 3.8) is 0 Å². The van der Waals surface area contributed by atoms with Gasteiger partial charge in [-0.25, -0.2) is 9.78 Å². The number of benzene rings is 1. The van der Waals surface area contributed by atoms with Crippen LogP contribution in [0.3, 0.4) is 0 Å². The molecule has 2 heterocycles. The molecule has 2 amide bonds. The fourth-order valence-corrected chi connectivity index (χ4v) is 3.01. The molecule has 9 heteroatoms. The molecular formula is C15H19N7OS. The second kappa shape index (κ2) is 6.91. The maximum Gasteiger partial charge on any atom is 0.319 e. The lowest BCUT2D eigenvalue weighted by Crippen LogP contribution is -2.30. The van der Waals surface area contributed by atoms with Gasteiger partial charge < -0.3 is 10.6 Å². The summed E-state index contributed by atoms with van der Waals surface area (Å²) in [7, 11) is 0. The third-order valence-corrected chi connectivity index (χ3v) is 4.21. The highest BCUT2D eigenvalue weighted by molar-refractivity contribution is 7.00. The van der Waals surface area contributed by atoms with Crippen LogP contribution in [0.5, 0.6) is 0 Å². The minimum absolute atomic E-state index is 0.245. The average molecular weight is 345 g/mol. The molecule has 8 nitrogen and oxygen atoms in total. The topological polar surface area (TPSA) is 97.6 Å². The zero-order valence-electron chi connectivity index (χ0n) is 13.8. The Morgan fingerprint density at radius 2 is 2.08 bits per heavy atom. The number of carbonyl (C=O) groups excluding carboxylic acids is 1. The van der Waals surface area contributed by atoms with E-state index in [0.29, 0.717) is 12.2 Å². The lowest BCUT2D eigenvalue weighted by molar-refractivity contribution is 0.251. The van der Waals surface area contributed by atoms with Crippen LogP contribution in [0.25, 0.3) is 11.0 Å². The van der Waals surface area contributed by atoms with Gasteiger partial charge in [0, 0.05) is 13.1 Å². The fraction of sp³-hybridized carbons (Fsp3) is 0.400. The standard InChI is InChI=1S/C15H19N7OS/c1-9-5-6-12-14(21-24-20-12)13(9)18-15(23)16-7-4-8-22-11(3)17-10(2)19-22/h5-6H,4,7-8H2,1-3H3,(H2,16,18,23). The Balaban J connectivity index is 1.53. The Hall–Kier alpha value is -2.55. The molecular weight excluding hydrogens is 326 g/mol. The summed E-state index contributed by atoms with van der Waals surface area (Å²) in [6.45, 7) is 6.99. The van der Waals surface area contributed by atoms with Gasteiger partial charge in [0.25, 0.3) is 0 Å². The first kappa shape index (κ1) is 16.3. The summed E-state index contributed by atoms with van der Waals surface area (Å²) in [5, 5.41) is 10.0. The Labute approximate surface area is 143 Å². The minimum atomic E-state index is -0.245. The van der Waals surface area contributed by atoms with Crippen LogP contribution in [0.15, 0.2) is 12.1 Å². The predicted octanol–water partition coefficient (Wildman–Crippen LogP) is 2.42. The van der Waals surface area contributed by atoms with Crippen LogP contribution < -0.4 is 10.6 Å². The number of carbonyl (C=O) groups is 1. The van der Waals surface area contributed by atoms with Crippen LogP contribution in [-0.2, 0) is 6.54 Å². The molecule has 126 valence electrons. The first-order valence-corrected chi connectivity index (χ1v) is 8.42. The van der Waals surface area contributed by atoms with Crippen molar-refractivity contribution in [1.82, 2.24) is 28.8 Å². The van der Waals surface area contributed by atoms with Crippen molar-refractivity contribution in [1.29, 1.82) is 0 Å². The van der Waals surface area contributed by atoms with Crippen LogP contribution in [-0.4, -0.2) is 36.1 Å².